The highest BCUT2D eigenvalue weighted by Gasteiger charge is 2.18. The number of allylic oxidation sites excluding steroid dienone is 1. The van der Waals surface area contributed by atoms with Gasteiger partial charge in [-0.3, -0.25) is 14.9 Å². The van der Waals surface area contributed by atoms with E-state index in [9.17, 15) is 20.0 Å². The van der Waals surface area contributed by atoms with Gasteiger partial charge in [-0.2, -0.15) is 0 Å². The summed E-state index contributed by atoms with van der Waals surface area (Å²) in [4.78, 5) is 23.4. The van der Waals surface area contributed by atoms with Gasteiger partial charge in [-0.05, 0) is 86.2 Å². The number of nitro groups is 1. The highest BCUT2D eigenvalue weighted by Crippen LogP contribution is 2.40. The minimum atomic E-state index is -0.782. The fourth-order valence-corrected chi connectivity index (χ4v) is 3.98. The van der Waals surface area contributed by atoms with Gasteiger partial charge in [0.2, 0.25) is 0 Å². The molecule has 1 amide bonds. The molecule has 3 aromatic rings. The van der Waals surface area contributed by atoms with E-state index in [1.54, 1.807) is 6.07 Å². The molecule has 0 fully saturated rings. The van der Waals surface area contributed by atoms with Crippen LogP contribution in [0.15, 0.2) is 70.2 Å². The average Bonchev–Trinajstić information content (AvgIpc) is 2.92. The molecule has 41 heavy (non-hydrogen) atoms. The third kappa shape index (κ3) is 7.81. The van der Waals surface area contributed by atoms with Gasteiger partial charge in [0.15, 0.2) is 5.70 Å². The predicted octanol–water partition coefficient (Wildman–Crippen LogP) is 7.55. The highest BCUT2D eigenvalue weighted by molar-refractivity contribution is 6.03. The summed E-state index contributed by atoms with van der Waals surface area (Å²) >= 11 is 0. The lowest BCUT2D eigenvalue weighted by Crippen LogP contribution is -2.14. The van der Waals surface area contributed by atoms with Gasteiger partial charge in [-0.1, -0.05) is 19.9 Å². The predicted molar refractivity (Wildman–Crippen MR) is 159 cm³/mol. The van der Waals surface area contributed by atoms with Crippen molar-refractivity contribution in [1.29, 1.82) is 0 Å². The standard InChI is InChI=1S/C30H35N5O6/c1-6-11-40-27-16-23(18(3)13-25(27)31)24-17-28(41-12-7-2)26(14-19(24)4)33-34-29(20(5)36)30(37)32-21-9-8-10-22(15-21)35(38)39/h8-10,13-17,36H,6-7,11-12,31H2,1-5H3,(H,32,37)/b29-20-,34-33?. The number of hydrogen-bond acceptors (Lipinski definition) is 9. The first-order valence-corrected chi connectivity index (χ1v) is 13.2. The molecule has 3 aromatic carbocycles. The molecule has 11 nitrogen and oxygen atoms in total. The van der Waals surface area contributed by atoms with Gasteiger partial charge in [-0.15, -0.1) is 10.2 Å². The molecule has 0 heterocycles. The van der Waals surface area contributed by atoms with Crippen LogP contribution in [0.25, 0.3) is 11.1 Å². The molecule has 0 atom stereocenters. The fraction of sp³-hybridized carbons (Fsp3) is 0.300. The van der Waals surface area contributed by atoms with Crippen LogP contribution in [0.3, 0.4) is 0 Å². The van der Waals surface area contributed by atoms with Crippen molar-refractivity contribution in [2.24, 2.45) is 10.2 Å². The summed E-state index contributed by atoms with van der Waals surface area (Å²) in [6.45, 7) is 10.2. The molecule has 4 N–H and O–H groups in total. The van der Waals surface area contributed by atoms with E-state index in [0.717, 1.165) is 35.1 Å². The second-order valence-electron chi connectivity index (χ2n) is 9.43. The molecule has 0 saturated heterocycles. The van der Waals surface area contributed by atoms with E-state index in [2.05, 4.69) is 15.5 Å². The van der Waals surface area contributed by atoms with Gasteiger partial charge < -0.3 is 25.6 Å². The quantitative estimate of drug-likeness (QED) is 0.0513. The summed E-state index contributed by atoms with van der Waals surface area (Å²) in [7, 11) is 0. The Morgan fingerprint density at radius 2 is 1.61 bits per heavy atom. The average molecular weight is 562 g/mol. The smallest absolute Gasteiger partial charge is 0.279 e. The summed E-state index contributed by atoms with van der Waals surface area (Å²) in [6, 6.07) is 12.9. The van der Waals surface area contributed by atoms with Crippen molar-refractivity contribution < 1.29 is 24.3 Å². The first-order valence-electron chi connectivity index (χ1n) is 13.2. The van der Waals surface area contributed by atoms with Crippen molar-refractivity contribution in [3.8, 4) is 22.6 Å². The van der Waals surface area contributed by atoms with Crippen LogP contribution in [0.1, 0.15) is 44.7 Å². The Labute approximate surface area is 238 Å². The summed E-state index contributed by atoms with van der Waals surface area (Å²) in [5, 5.41) is 32.0. The number of hydrogen-bond donors (Lipinski definition) is 3. The Morgan fingerprint density at radius 1 is 1.00 bits per heavy atom. The summed E-state index contributed by atoms with van der Waals surface area (Å²) in [6.07, 6.45) is 1.60. The number of non-ortho nitro benzene ring substituents is 1. The van der Waals surface area contributed by atoms with Crippen molar-refractivity contribution in [3.63, 3.8) is 0 Å². The number of nitrogens with two attached hydrogens (primary N) is 1. The maximum absolute atomic E-state index is 12.9. The largest absolute Gasteiger partial charge is 0.510 e. The van der Waals surface area contributed by atoms with Crippen LogP contribution in [-0.4, -0.2) is 29.2 Å². The van der Waals surface area contributed by atoms with Crippen LogP contribution in [0, 0.1) is 24.0 Å². The van der Waals surface area contributed by atoms with Gasteiger partial charge in [0.05, 0.1) is 23.8 Å². The number of nitrogen functional groups attached to an aromatic ring is 1. The third-order valence-electron chi connectivity index (χ3n) is 6.01. The normalized spacial score (nSPS) is 11.7. The number of aryl methyl sites for hydroxylation is 2. The number of carbonyl (C=O) groups is 1. The summed E-state index contributed by atoms with van der Waals surface area (Å²) < 4.78 is 11.8. The zero-order chi connectivity index (χ0) is 30.1. The number of nitrogens with zero attached hydrogens (tertiary/aromatic N) is 3. The number of carbonyl (C=O) groups excluding carboxylic acids is 1. The minimum absolute atomic E-state index is 0.173. The zero-order valence-electron chi connectivity index (χ0n) is 23.9. The zero-order valence-corrected chi connectivity index (χ0v) is 23.9. The lowest BCUT2D eigenvalue weighted by Gasteiger charge is -2.17. The van der Waals surface area contributed by atoms with Crippen molar-refractivity contribution in [1.82, 2.24) is 0 Å². The molecule has 0 aliphatic rings. The Balaban J connectivity index is 1.99. The Kier molecular flexibility index (Phi) is 10.4. The van der Waals surface area contributed by atoms with Gasteiger partial charge in [-0.25, -0.2) is 0 Å². The summed E-state index contributed by atoms with van der Waals surface area (Å²) in [5.74, 6) is -0.110. The molecule has 0 aromatic heterocycles. The monoisotopic (exact) mass is 561 g/mol. The first-order chi connectivity index (χ1) is 19.5. The number of nitrogens with one attached hydrogen (secondary N) is 1. The van der Waals surface area contributed by atoms with E-state index in [1.807, 2.05) is 45.9 Å². The molecule has 11 heteroatoms. The van der Waals surface area contributed by atoms with Gasteiger partial charge in [0, 0.05) is 17.8 Å². The van der Waals surface area contributed by atoms with E-state index < -0.39 is 10.8 Å². The number of aliphatic hydroxyl groups excluding tert-OH is 1. The van der Waals surface area contributed by atoms with Crippen LogP contribution in [0.5, 0.6) is 11.5 Å². The van der Waals surface area contributed by atoms with E-state index in [0.29, 0.717) is 36.1 Å². The minimum Gasteiger partial charge on any atom is -0.510 e. The van der Waals surface area contributed by atoms with E-state index in [1.165, 1.54) is 31.2 Å². The van der Waals surface area contributed by atoms with Crippen molar-refractivity contribution >= 4 is 28.7 Å². The summed E-state index contributed by atoms with van der Waals surface area (Å²) in [5.41, 5.74) is 10.4. The molecule has 0 aliphatic heterocycles. The number of benzene rings is 3. The number of rotatable bonds is 12. The van der Waals surface area contributed by atoms with Crippen LogP contribution in [0.2, 0.25) is 0 Å². The second-order valence-corrected chi connectivity index (χ2v) is 9.43. The van der Waals surface area contributed by atoms with Crippen LogP contribution >= 0.6 is 0 Å². The molecule has 0 unspecified atom stereocenters. The van der Waals surface area contributed by atoms with Crippen LogP contribution in [-0.2, 0) is 4.79 Å². The lowest BCUT2D eigenvalue weighted by molar-refractivity contribution is -0.384. The van der Waals surface area contributed by atoms with Crippen LogP contribution in [0.4, 0.5) is 22.7 Å². The number of azo groups is 1. The highest BCUT2D eigenvalue weighted by atomic mass is 16.6. The maximum Gasteiger partial charge on any atom is 0.279 e. The van der Waals surface area contributed by atoms with Gasteiger partial charge in [0.25, 0.3) is 11.6 Å². The van der Waals surface area contributed by atoms with E-state index >= 15 is 0 Å². The molecular weight excluding hydrogens is 526 g/mol. The molecule has 0 saturated carbocycles. The Hall–Kier alpha value is -4.93. The topological polar surface area (TPSA) is 162 Å². The van der Waals surface area contributed by atoms with Crippen molar-refractivity contribution in [3.05, 3.63) is 81.2 Å². The Morgan fingerprint density at radius 3 is 2.22 bits per heavy atom. The molecule has 0 bridgehead atoms. The molecule has 216 valence electrons. The van der Waals surface area contributed by atoms with Crippen molar-refractivity contribution in [2.75, 3.05) is 24.3 Å². The van der Waals surface area contributed by atoms with E-state index in [4.69, 9.17) is 15.2 Å². The second kappa shape index (κ2) is 13.9. The Bertz CT molecular complexity index is 1490. The van der Waals surface area contributed by atoms with Crippen molar-refractivity contribution in [2.45, 2.75) is 47.5 Å². The number of aliphatic hydroxyl groups is 1. The molecule has 0 radical (unpaired) electrons. The van der Waals surface area contributed by atoms with Gasteiger partial charge in [0.1, 0.15) is 22.9 Å². The molecule has 0 spiro atoms. The van der Waals surface area contributed by atoms with Gasteiger partial charge >= 0.3 is 0 Å². The molecule has 3 rings (SSSR count). The molecular formula is C30H35N5O6. The lowest BCUT2D eigenvalue weighted by atomic mass is 9.95. The number of amides is 1. The molecule has 0 aliphatic carbocycles. The maximum atomic E-state index is 12.9. The van der Waals surface area contributed by atoms with Crippen LogP contribution < -0.4 is 20.5 Å². The first kappa shape index (κ1) is 30.6. The SMILES string of the molecule is CCCOc1cc(-c2cc(OCCC)c(N=N/C(C(=O)Nc3cccc([N+](=O)[O-])c3)=C(/C)O)cc2C)c(C)cc1N. The van der Waals surface area contributed by atoms with E-state index in [-0.39, 0.29) is 22.8 Å². The number of ether oxygens (including phenoxy) is 2. The number of anilines is 2. The third-order valence-corrected chi connectivity index (χ3v) is 6.01. The number of nitro benzene ring substituents is 1. The fourth-order valence-electron chi connectivity index (χ4n) is 3.98.